The number of nitrogens with zero attached hydrogens (tertiary/aromatic N) is 1. The molecule has 0 radical (unpaired) electrons. The lowest BCUT2D eigenvalue weighted by atomic mass is 9.89. The molecule has 0 spiro atoms. The summed E-state index contributed by atoms with van der Waals surface area (Å²) in [6, 6.07) is 8.05. The van der Waals surface area contributed by atoms with E-state index >= 15 is 0 Å². The van der Waals surface area contributed by atoms with Gasteiger partial charge in [-0.3, -0.25) is 0 Å². The second-order valence-electron chi connectivity index (χ2n) is 5.57. The SMILES string of the molecule is COc1ccc(CN2C(=O)NC3CC(O)CCC32)cc1. The molecule has 1 heterocycles. The van der Waals surface area contributed by atoms with Crippen molar-refractivity contribution in [3.05, 3.63) is 29.8 Å². The molecule has 3 unspecified atom stereocenters. The van der Waals surface area contributed by atoms with Gasteiger partial charge in [0.05, 0.1) is 25.3 Å². The van der Waals surface area contributed by atoms with E-state index < -0.39 is 0 Å². The Morgan fingerprint density at radius 1 is 1.35 bits per heavy atom. The first-order chi connectivity index (χ1) is 9.67. The molecule has 1 aromatic carbocycles. The molecule has 2 fully saturated rings. The monoisotopic (exact) mass is 276 g/mol. The minimum atomic E-state index is -0.280. The number of urea groups is 1. The molecule has 20 heavy (non-hydrogen) atoms. The Morgan fingerprint density at radius 2 is 2.10 bits per heavy atom. The van der Waals surface area contributed by atoms with Gasteiger partial charge in [0.25, 0.3) is 0 Å². The Hall–Kier alpha value is -1.75. The fraction of sp³-hybridized carbons (Fsp3) is 0.533. The third-order valence-electron chi connectivity index (χ3n) is 4.27. The van der Waals surface area contributed by atoms with Crippen LogP contribution in [0.25, 0.3) is 0 Å². The number of ether oxygens (including phenoxy) is 1. The van der Waals surface area contributed by atoms with Crippen LogP contribution in [0.4, 0.5) is 4.79 Å². The molecule has 3 rings (SSSR count). The van der Waals surface area contributed by atoms with E-state index in [0.717, 1.165) is 24.2 Å². The highest BCUT2D eigenvalue weighted by Crippen LogP contribution is 2.29. The predicted octanol–water partition coefficient (Wildman–Crippen LogP) is 1.50. The number of hydrogen-bond donors (Lipinski definition) is 2. The van der Waals surface area contributed by atoms with Crippen LogP contribution in [-0.4, -0.2) is 41.3 Å². The molecule has 5 heteroatoms. The molecule has 108 valence electrons. The summed E-state index contributed by atoms with van der Waals surface area (Å²) in [6.07, 6.45) is 2.02. The van der Waals surface area contributed by atoms with Crippen LogP contribution in [0.1, 0.15) is 24.8 Å². The maximum absolute atomic E-state index is 12.1. The van der Waals surface area contributed by atoms with Crippen LogP contribution < -0.4 is 10.1 Å². The molecule has 0 aromatic heterocycles. The number of carbonyl (C=O) groups is 1. The lowest BCUT2D eigenvalue weighted by molar-refractivity contribution is 0.0888. The van der Waals surface area contributed by atoms with E-state index in [2.05, 4.69) is 5.32 Å². The van der Waals surface area contributed by atoms with E-state index in [1.165, 1.54) is 0 Å². The number of aliphatic hydroxyl groups excluding tert-OH is 1. The normalized spacial score (nSPS) is 29.0. The summed E-state index contributed by atoms with van der Waals surface area (Å²) in [6.45, 7) is 0.604. The van der Waals surface area contributed by atoms with Gasteiger partial charge in [-0.2, -0.15) is 0 Å². The molecule has 3 atom stereocenters. The van der Waals surface area contributed by atoms with Gasteiger partial charge in [-0.1, -0.05) is 12.1 Å². The van der Waals surface area contributed by atoms with Crippen molar-refractivity contribution in [1.82, 2.24) is 10.2 Å². The summed E-state index contributed by atoms with van der Waals surface area (Å²) in [4.78, 5) is 14.0. The number of aliphatic hydroxyl groups is 1. The molecule has 2 amide bonds. The number of nitrogens with one attached hydrogen (secondary N) is 1. The topological polar surface area (TPSA) is 61.8 Å². The van der Waals surface area contributed by atoms with Crippen LogP contribution in [0.15, 0.2) is 24.3 Å². The smallest absolute Gasteiger partial charge is 0.318 e. The third kappa shape index (κ3) is 2.45. The molecule has 0 bridgehead atoms. The van der Waals surface area contributed by atoms with Crippen molar-refractivity contribution in [2.45, 2.75) is 44.0 Å². The van der Waals surface area contributed by atoms with Crippen LogP contribution in [0, 0.1) is 0 Å². The van der Waals surface area contributed by atoms with Gasteiger partial charge in [-0.05, 0) is 37.0 Å². The van der Waals surface area contributed by atoms with Crippen LogP contribution in [0.2, 0.25) is 0 Å². The Morgan fingerprint density at radius 3 is 2.80 bits per heavy atom. The van der Waals surface area contributed by atoms with Crippen molar-refractivity contribution in [2.24, 2.45) is 0 Å². The predicted molar refractivity (Wildman–Crippen MR) is 74.5 cm³/mol. The summed E-state index contributed by atoms with van der Waals surface area (Å²) < 4.78 is 5.14. The van der Waals surface area contributed by atoms with Crippen molar-refractivity contribution in [3.63, 3.8) is 0 Å². The highest BCUT2D eigenvalue weighted by Gasteiger charge is 2.42. The lowest BCUT2D eigenvalue weighted by Gasteiger charge is -2.32. The lowest BCUT2D eigenvalue weighted by Crippen LogP contribution is -2.42. The van der Waals surface area contributed by atoms with Crippen LogP contribution >= 0.6 is 0 Å². The highest BCUT2D eigenvalue weighted by molar-refractivity contribution is 5.77. The minimum absolute atomic E-state index is 0.0232. The number of fused-ring (bicyclic) bond motifs is 1. The summed E-state index contributed by atoms with van der Waals surface area (Å²) in [5.74, 6) is 0.818. The molecule has 1 aliphatic carbocycles. The number of methoxy groups -OCH3 is 1. The zero-order valence-electron chi connectivity index (χ0n) is 11.6. The molecule has 1 saturated heterocycles. The summed E-state index contributed by atoms with van der Waals surface area (Å²) in [5.41, 5.74) is 1.09. The molecule has 2 aliphatic rings. The van der Waals surface area contributed by atoms with Gasteiger partial charge < -0.3 is 20.1 Å². The number of rotatable bonds is 3. The first-order valence-corrected chi connectivity index (χ1v) is 7.05. The van der Waals surface area contributed by atoms with Gasteiger partial charge in [0, 0.05) is 6.54 Å². The number of hydrogen-bond acceptors (Lipinski definition) is 3. The fourth-order valence-corrected chi connectivity index (χ4v) is 3.17. The quantitative estimate of drug-likeness (QED) is 0.879. The van der Waals surface area contributed by atoms with Crippen molar-refractivity contribution < 1.29 is 14.6 Å². The van der Waals surface area contributed by atoms with Crippen molar-refractivity contribution >= 4 is 6.03 Å². The first-order valence-electron chi connectivity index (χ1n) is 7.05. The maximum Gasteiger partial charge on any atom is 0.318 e. The van der Waals surface area contributed by atoms with E-state index in [0.29, 0.717) is 13.0 Å². The summed E-state index contributed by atoms with van der Waals surface area (Å²) in [5, 5.41) is 12.7. The Labute approximate surface area is 118 Å². The van der Waals surface area contributed by atoms with Gasteiger partial charge in [0.2, 0.25) is 0 Å². The molecule has 1 saturated carbocycles. The van der Waals surface area contributed by atoms with Crippen LogP contribution in [-0.2, 0) is 6.54 Å². The standard InChI is InChI=1S/C15H20N2O3/c1-20-12-5-2-10(3-6-12)9-17-14-7-4-11(18)8-13(14)16-15(17)19/h2-3,5-6,11,13-14,18H,4,7-9H2,1H3,(H,16,19). The Balaban J connectivity index is 1.71. The third-order valence-corrected chi connectivity index (χ3v) is 4.27. The van der Waals surface area contributed by atoms with Crippen LogP contribution in [0.3, 0.4) is 0 Å². The molecular weight excluding hydrogens is 256 g/mol. The number of benzene rings is 1. The van der Waals surface area contributed by atoms with Gasteiger partial charge in [0.15, 0.2) is 0 Å². The van der Waals surface area contributed by atoms with E-state index in [1.54, 1.807) is 7.11 Å². The second-order valence-corrected chi connectivity index (χ2v) is 5.57. The first kappa shape index (κ1) is 13.2. The summed E-state index contributed by atoms with van der Waals surface area (Å²) in [7, 11) is 1.64. The van der Waals surface area contributed by atoms with Crippen molar-refractivity contribution in [2.75, 3.05) is 7.11 Å². The van der Waals surface area contributed by atoms with Gasteiger partial charge in [-0.25, -0.2) is 4.79 Å². The zero-order valence-corrected chi connectivity index (χ0v) is 11.6. The molecule has 2 N–H and O–H groups in total. The average molecular weight is 276 g/mol. The summed E-state index contributed by atoms with van der Waals surface area (Å²) >= 11 is 0. The average Bonchev–Trinajstić information content (AvgIpc) is 2.75. The Kier molecular flexibility index (Phi) is 3.53. The van der Waals surface area contributed by atoms with Gasteiger partial charge in [0.1, 0.15) is 5.75 Å². The zero-order chi connectivity index (χ0) is 14.1. The largest absolute Gasteiger partial charge is 0.497 e. The van der Waals surface area contributed by atoms with Crippen LogP contribution in [0.5, 0.6) is 5.75 Å². The molecule has 5 nitrogen and oxygen atoms in total. The highest BCUT2D eigenvalue weighted by atomic mass is 16.5. The molecular formula is C15H20N2O3. The Bertz CT molecular complexity index is 488. The number of amides is 2. The second kappa shape index (κ2) is 5.32. The molecule has 1 aromatic rings. The fourth-order valence-electron chi connectivity index (χ4n) is 3.17. The van der Waals surface area contributed by atoms with Crippen molar-refractivity contribution in [1.29, 1.82) is 0 Å². The number of carbonyl (C=O) groups excluding carboxylic acids is 1. The molecule has 1 aliphatic heterocycles. The van der Waals surface area contributed by atoms with E-state index in [1.807, 2.05) is 29.2 Å². The van der Waals surface area contributed by atoms with Gasteiger partial charge >= 0.3 is 6.03 Å². The van der Waals surface area contributed by atoms with Crippen molar-refractivity contribution in [3.8, 4) is 5.75 Å². The van der Waals surface area contributed by atoms with E-state index in [9.17, 15) is 9.90 Å². The van der Waals surface area contributed by atoms with E-state index in [-0.39, 0.29) is 24.2 Å². The minimum Gasteiger partial charge on any atom is -0.497 e. The maximum atomic E-state index is 12.1. The van der Waals surface area contributed by atoms with Gasteiger partial charge in [-0.15, -0.1) is 0 Å². The van der Waals surface area contributed by atoms with E-state index in [4.69, 9.17) is 4.74 Å².